The van der Waals surface area contributed by atoms with E-state index in [0.29, 0.717) is 12.1 Å². The number of rotatable bonds is 8. The van der Waals surface area contributed by atoms with Crippen LogP contribution in [-0.2, 0) is 0 Å². The van der Waals surface area contributed by atoms with Gasteiger partial charge in [-0.1, -0.05) is 57.3 Å². The molecule has 0 aliphatic carbocycles. The van der Waals surface area contributed by atoms with E-state index in [0.717, 1.165) is 11.4 Å². The van der Waals surface area contributed by atoms with Crippen LogP contribution in [0.25, 0.3) is 0 Å². The smallest absolute Gasteiger partial charge is 0.0406 e. The van der Waals surface area contributed by atoms with Crippen molar-refractivity contribution >= 4 is 11.6 Å². The summed E-state index contributed by atoms with van der Waals surface area (Å²) in [5.74, 6) is 0. The first-order chi connectivity index (χ1) is 8.71. The van der Waals surface area contributed by atoms with Gasteiger partial charge in [0.05, 0.1) is 0 Å². The first-order valence-corrected chi connectivity index (χ1v) is 7.60. The predicted octanol–water partition coefficient (Wildman–Crippen LogP) is 5.35. The topological polar surface area (TPSA) is 12.0 Å². The Morgan fingerprint density at radius 2 is 1.56 bits per heavy atom. The Morgan fingerprint density at radius 1 is 1.00 bits per heavy atom. The van der Waals surface area contributed by atoms with Crippen molar-refractivity contribution < 1.29 is 0 Å². The maximum atomic E-state index is 5.94. The summed E-state index contributed by atoms with van der Waals surface area (Å²) in [7, 11) is 0. The lowest BCUT2D eigenvalue weighted by Crippen LogP contribution is -2.32. The summed E-state index contributed by atoms with van der Waals surface area (Å²) in [5.41, 5.74) is 1.35. The van der Waals surface area contributed by atoms with Crippen LogP contribution >= 0.6 is 11.6 Å². The molecule has 1 atom stereocenters. The van der Waals surface area contributed by atoms with Gasteiger partial charge in [0.25, 0.3) is 0 Å². The van der Waals surface area contributed by atoms with Gasteiger partial charge in [-0.05, 0) is 37.0 Å². The molecule has 0 saturated heterocycles. The van der Waals surface area contributed by atoms with Crippen LogP contribution in [0, 0.1) is 0 Å². The van der Waals surface area contributed by atoms with Gasteiger partial charge in [-0.3, -0.25) is 0 Å². The fourth-order valence-corrected chi connectivity index (χ4v) is 2.56. The standard InChI is InChI=1S/C16H26ClN/c1-4-7-15(8-5-2)18-16(6-3)13-9-11-14(17)12-10-13/h9-12,15-16,18H,4-8H2,1-3H3. The Kier molecular flexibility index (Phi) is 7.38. The van der Waals surface area contributed by atoms with E-state index in [9.17, 15) is 0 Å². The zero-order chi connectivity index (χ0) is 13.4. The van der Waals surface area contributed by atoms with Gasteiger partial charge in [0.1, 0.15) is 0 Å². The van der Waals surface area contributed by atoms with Crippen LogP contribution in [-0.4, -0.2) is 6.04 Å². The number of halogens is 1. The van der Waals surface area contributed by atoms with Crippen LogP contribution in [0.4, 0.5) is 0 Å². The van der Waals surface area contributed by atoms with Crippen LogP contribution in [0.15, 0.2) is 24.3 Å². The third-order valence-electron chi connectivity index (χ3n) is 3.39. The quantitative estimate of drug-likeness (QED) is 0.669. The van der Waals surface area contributed by atoms with Gasteiger partial charge in [-0.15, -0.1) is 0 Å². The third-order valence-corrected chi connectivity index (χ3v) is 3.64. The normalized spacial score (nSPS) is 12.9. The summed E-state index contributed by atoms with van der Waals surface area (Å²) in [6.45, 7) is 6.75. The molecule has 0 fully saturated rings. The Bertz CT molecular complexity index is 314. The molecule has 102 valence electrons. The minimum Gasteiger partial charge on any atom is -0.307 e. The SMILES string of the molecule is CCCC(CCC)NC(CC)c1ccc(Cl)cc1. The van der Waals surface area contributed by atoms with Crippen molar-refractivity contribution in [3.63, 3.8) is 0 Å². The van der Waals surface area contributed by atoms with Crippen molar-refractivity contribution in [3.8, 4) is 0 Å². The highest BCUT2D eigenvalue weighted by Crippen LogP contribution is 2.21. The molecule has 1 N–H and O–H groups in total. The molecule has 1 aromatic rings. The largest absolute Gasteiger partial charge is 0.307 e. The molecular weight excluding hydrogens is 242 g/mol. The maximum Gasteiger partial charge on any atom is 0.0406 e. The van der Waals surface area contributed by atoms with Crippen molar-refractivity contribution in [2.75, 3.05) is 0 Å². The zero-order valence-corrected chi connectivity index (χ0v) is 12.6. The first kappa shape index (κ1) is 15.5. The number of hydrogen-bond donors (Lipinski definition) is 1. The summed E-state index contributed by atoms with van der Waals surface area (Å²) in [6.07, 6.45) is 6.13. The number of benzene rings is 1. The zero-order valence-electron chi connectivity index (χ0n) is 11.9. The summed E-state index contributed by atoms with van der Waals surface area (Å²) in [6, 6.07) is 9.33. The molecule has 0 aromatic heterocycles. The summed E-state index contributed by atoms with van der Waals surface area (Å²) >= 11 is 5.94. The molecular formula is C16H26ClN. The van der Waals surface area contributed by atoms with Crippen molar-refractivity contribution in [3.05, 3.63) is 34.9 Å². The van der Waals surface area contributed by atoms with Gasteiger partial charge >= 0.3 is 0 Å². The summed E-state index contributed by atoms with van der Waals surface area (Å²) < 4.78 is 0. The second-order valence-electron chi connectivity index (χ2n) is 4.95. The van der Waals surface area contributed by atoms with Gasteiger partial charge in [-0.25, -0.2) is 0 Å². The van der Waals surface area contributed by atoms with E-state index in [1.807, 2.05) is 12.1 Å². The van der Waals surface area contributed by atoms with Crippen LogP contribution in [0.2, 0.25) is 5.02 Å². The highest BCUT2D eigenvalue weighted by Gasteiger charge is 2.14. The van der Waals surface area contributed by atoms with E-state index >= 15 is 0 Å². The molecule has 1 nitrogen and oxygen atoms in total. The van der Waals surface area contributed by atoms with Gasteiger partial charge in [-0.2, -0.15) is 0 Å². The Hall–Kier alpha value is -0.530. The van der Waals surface area contributed by atoms with E-state index in [4.69, 9.17) is 11.6 Å². The predicted molar refractivity (Wildman–Crippen MR) is 81.2 cm³/mol. The van der Waals surface area contributed by atoms with Gasteiger partial charge in [0.2, 0.25) is 0 Å². The molecule has 2 heteroatoms. The van der Waals surface area contributed by atoms with Gasteiger partial charge < -0.3 is 5.32 Å². The Balaban J connectivity index is 2.67. The lowest BCUT2D eigenvalue weighted by molar-refractivity contribution is 0.382. The number of hydrogen-bond acceptors (Lipinski definition) is 1. The molecule has 18 heavy (non-hydrogen) atoms. The van der Waals surface area contributed by atoms with E-state index < -0.39 is 0 Å². The minimum absolute atomic E-state index is 0.449. The average molecular weight is 268 g/mol. The van der Waals surface area contributed by atoms with E-state index in [1.165, 1.54) is 31.2 Å². The second-order valence-corrected chi connectivity index (χ2v) is 5.39. The monoisotopic (exact) mass is 267 g/mol. The highest BCUT2D eigenvalue weighted by molar-refractivity contribution is 6.30. The highest BCUT2D eigenvalue weighted by atomic mass is 35.5. The fourth-order valence-electron chi connectivity index (χ4n) is 2.44. The minimum atomic E-state index is 0.449. The molecule has 0 aliphatic heterocycles. The Morgan fingerprint density at radius 3 is 2.00 bits per heavy atom. The fraction of sp³-hybridized carbons (Fsp3) is 0.625. The van der Waals surface area contributed by atoms with Crippen molar-refractivity contribution in [1.82, 2.24) is 5.32 Å². The molecule has 0 spiro atoms. The maximum absolute atomic E-state index is 5.94. The van der Waals surface area contributed by atoms with Crippen molar-refractivity contribution in [1.29, 1.82) is 0 Å². The summed E-state index contributed by atoms with van der Waals surface area (Å²) in [5, 5.41) is 4.61. The van der Waals surface area contributed by atoms with Gasteiger partial charge in [0.15, 0.2) is 0 Å². The molecule has 0 aliphatic rings. The average Bonchev–Trinajstić information content (AvgIpc) is 2.37. The van der Waals surface area contributed by atoms with Crippen LogP contribution < -0.4 is 5.32 Å². The Labute approximate surface area is 117 Å². The molecule has 0 heterocycles. The molecule has 1 rings (SSSR count). The van der Waals surface area contributed by atoms with Crippen LogP contribution in [0.3, 0.4) is 0 Å². The molecule has 0 bridgehead atoms. The summed E-state index contributed by atoms with van der Waals surface area (Å²) in [4.78, 5) is 0. The van der Waals surface area contributed by atoms with Crippen molar-refractivity contribution in [2.24, 2.45) is 0 Å². The van der Waals surface area contributed by atoms with Crippen LogP contribution in [0.1, 0.15) is 64.5 Å². The molecule has 1 unspecified atom stereocenters. The van der Waals surface area contributed by atoms with E-state index in [-0.39, 0.29) is 0 Å². The molecule has 0 radical (unpaired) electrons. The molecule has 1 aromatic carbocycles. The molecule has 0 amide bonds. The lowest BCUT2D eigenvalue weighted by Gasteiger charge is -2.25. The molecule has 0 saturated carbocycles. The second kappa shape index (κ2) is 8.55. The van der Waals surface area contributed by atoms with E-state index in [2.05, 4.69) is 38.2 Å². The number of nitrogens with one attached hydrogen (secondary N) is 1. The van der Waals surface area contributed by atoms with Crippen molar-refractivity contribution in [2.45, 2.75) is 65.0 Å². The van der Waals surface area contributed by atoms with Crippen LogP contribution in [0.5, 0.6) is 0 Å². The lowest BCUT2D eigenvalue weighted by atomic mass is 10.00. The van der Waals surface area contributed by atoms with Gasteiger partial charge in [0, 0.05) is 17.1 Å². The van der Waals surface area contributed by atoms with E-state index in [1.54, 1.807) is 0 Å². The first-order valence-electron chi connectivity index (χ1n) is 7.22. The third kappa shape index (κ3) is 4.99.